The number of hydrogen-bond acceptors (Lipinski definition) is 3. The van der Waals surface area contributed by atoms with E-state index in [0.717, 1.165) is 31.4 Å². The highest BCUT2D eigenvalue weighted by Crippen LogP contribution is 2.28. The number of halogens is 1. The summed E-state index contributed by atoms with van der Waals surface area (Å²) in [6.07, 6.45) is 4.49. The Morgan fingerprint density at radius 1 is 1.26 bits per heavy atom. The van der Waals surface area contributed by atoms with E-state index < -0.39 is 10.0 Å². The van der Waals surface area contributed by atoms with Gasteiger partial charge in [-0.05, 0) is 32.1 Å². The van der Waals surface area contributed by atoms with Crippen LogP contribution in [0, 0.1) is 5.92 Å². The van der Waals surface area contributed by atoms with Gasteiger partial charge in [0.05, 0.1) is 6.26 Å². The third-order valence-electron chi connectivity index (χ3n) is 2.56. The fourth-order valence-corrected chi connectivity index (χ4v) is 1.93. The van der Waals surface area contributed by atoms with E-state index in [1.54, 1.807) is 0 Å². The number of nitrogens with one attached hydrogen (secondary N) is 3. The SMILES string of the molecule is CCNC(=NCC1CC1)NCCCNS(C)(=O)=O.I. The molecule has 0 unspecified atom stereocenters. The van der Waals surface area contributed by atoms with E-state index in [9.17, 15) is 8.42 Å². The average Bonchev–Trinajstić information content (AvgIpc) is 3.07. The number of hydrogen-bond donors (Lipinski definition) is 3. The predicted octanol–water partition coefficient (Wildman–Crippen LogP) is 0.509. The molecule has 1 saturated carbocycles. The van der Waals surface area contributed by atoms with Gasteiger partial charge in [0.15, 0.2) is 5.96 Å². The van der Waals surface area contributed by atoms with E-state index in [1.165, 1.54) is 19.1 Å². The van der Waals surface area contributed by atoms with Crippen LogP contribution in [0.1, 0.15) is 26.2 Å². The second-order valence-electron chi connectivity index (χ2n) is 4.61. The molecule has 3 N–H and O–H groups in total. The Morgan fingerprint density at radius 3 is 2.47 bits per heavy atom. The van der Waals surface area contributed by atoms with Gasteiger partial charge in [-0.3, -0.25) is 4.99 Å². The number of nitrogens with zero attached hydrogens (tertiary/aromatic N) is 1. The van der Waals surface area contributed by atoms with Crippen LogP contribution in [0.5, 0.6) is 0 Å². The van der Waals surface area contributed by atoms with Gasteiger partial charge in [-0.1, -0.05) is 0 Å². The van der Waals surface area contributed by atoms with Crippen LogP contribution in [-0.2, 0) is 10.0 Å². The summed E-state index contributed by atoms with van der Waals surface area (Å²) in [5, 5.41) is 6.37. The van der Waals surface area contributed by atoms with E-state index in [4.69, 9.17) is 0 Å². The number of rotatable bonds is 8. The summed E-state index contributed by atoms with van der Waals surface area (Å²) >= 11 is 0. The molecule has 1 aliphatic rings. The summed E-state index contributed by atoms with van der Waals surface area (Å²) in [6.45, 7) is 4.90. The highest BCUT2D eigenvalue weighted by molar-refractivity contribution is 14.0. The molecule has 0 atom stereocenters. The van der Waals surface area contributed by atoms with Crippen molar-refractivity contribution in [2.24, 2.45) is 10.9 Å². The van der Waals surface area contributed by atoms with Crippen LogP contribution in [0.4, 0.5) is 0 Å². The molecule has 1 aliphatic carbocycles. The Bertz CT molecular complexity index is 369. The van der Waals surface area contributed by atoms with Crippen molar-refractivity contribution in [1.29, 1.82) is 0 Å². The summed E-state index contributed by atoms with van der Waals surface area (Å²) < 4.78 is 24.2. The summed E-state index contributed by atoms with van der Waals surface area (Å²) in [6, 6.07) is 0. The molecule has 0 aliphatic heterocycles. The topological polar surface area (TPSA) is 82.6 Å². The van der Waals surface area contributed by atoms with Gasteiger partial charge < -0.3 is 10.6 Å². The molecule has 0 aromatic heterocycles. The van der Waals surface area contributed by atoms with Crippen molar-refractivity contribution in [2.45, 2.75) is 26.2 Å². The number of aliphatic imine (C=N–C) groups is 1. The molecule has 0 amide bonds. The molecule has 1 fully saturated rings. The molecule has 0 aromatic carbocycles. The minimum atomic E-state index is -3.07. The minimum Gasteiger partial charge on any atom is -0.357 e. The Hall–Kier alpha value is -0.0900. The Balaban J connectivity index is 0.00000324. The second-order valence-corrected chi connectivity index (χ2v) is 6.44. The van der Waals surface area contributed by atoms with Gasteiger partial charge in [0.25, 0.3) is 0 Å². The third kappa shape index (κ3) is 11.4. The van der Waals surface area contributed by atoms with Gasteiger partial charge in [0.2, 0.25) is 10.0 Å². The van der Waals surface area contributed by atoms with Crippen LogP contribution in [0.25, 0.3) is 0 Å². The van der Waals surface area contributed by atoms with Crippen LogP contribution in [0.15, 0.2) is 4.99 Å². The molecule has 0 aromatic rings. The fraction of sp³-hybridized carbons (Fsp3) is 0.909. The highest BCUT2D eigenvalue weighted by atomic mass is 127. The lowest BCUT2D eigenvalue weighted by atomic mass is 10.4. The Kier molecular flexibility index (Phi) is 9.71. The molecule has 8 heteroatoms. The second kappa shape index (κ2) is 9.76. The van der Waals surface area contributed by atoms with Crippen molar-refractivity contribution < 1.29 is 8.42 Å². The van der Waals surface area contributed by atoms with Crippen LogP contribution in [0.3, 0.4) is 0 Å². The van der Waals surface area contributed by atoms with Gasteiger partial charge in [-0.2, -0.15) is 0 Å². The van der Waals surface area contributed by atoms with Crippen LogP contribution in [-0.4, -0.2) is 46.8 Å². The molecular formula is C11H25IN4O2S. The van der Waals surface area contributed by atoms with E-state index in [-0.39, 0.29) is 24.0 Å². The zero-order chi connectivity index (χ0) is 13.4. The van der Waals surface area contributed by atoms with Crippen LogP contribution in [0.2, 0.25) is 0 Å². The zero-order valence-electron chi connectivity index (χ0n) is 11.6. The smallest absolute Gasteiger partial charge is 0.208 e. The van der Waals surface area contributed by atoms with Crippen molar-refractivity contribution in [3.05, 3.63) is 0 Å². The maximum atomic E-state index is 10.8. The molecule has 6 nitrogen and oxygen atoms in total. The first-order valence-corrected chi connectivity index (χ1v) is 8.37. The predicted molar refractivity (Wildman–Crippen MR) is 89.6 cm³/mol. The largest absolute Gasteiger partial charge is 0.357 e. The van der Waals surface area contributed by atoms with Crippen molar-refractivity contribution in [3.63, 3.8) is 0 Å². The quantitative estimate of drug-likeness (QED) is 0.238. The van der Waals surface area contributed by atoms with Gasteiger partial charge >= 0.3 is 0 Å². The van der Waals surface area contributed by atoms with Crippen molar-refractivity contribution >= 4 is 40.0 Å². The third-order valence-corrected chi connectivity index (χ3v) is 3.29. The molecule has 0 heterocycles. The first kappa shape index (κ1) is 18.9. The molecule has 1 rings (SSSR count). The van der Waals surface area contributed by atoms with E-state index in [2.05, 4.69) is 20.3 Å². The van der Waals surface area contributed by atoms with Crippen molar-refractivity contribution in [1.82, 2.24) is 15.4 Å². The first-order valence-electron chi connectivity index (χ1n) is 6.48. The minimum absolute atomic E-state index is 0. The summed E-state index contributed by atoms with van der Waals surface area (Å²) in [4.78, 5) is 4.48. The fourth-order valence-electron chi connectivity index (χ4n) is 1.42. The van der Waals surface area contributed by atoms with Crippen molar-refractivity contribution in [2.75, 3.05) is 32.4 Å². The van der Waals surface area contributed by atoms with Gasteiger partial charge in [-0.25, -0.2) is 13.1 Å². The lowest BCUT2D eigenvalue weighted by Gasteiger charge is -2.11. The van der Waals surface area contributed by atoms with Gasteiger partial charge in [0.1, 0.15) is 0 Å². The maximum Gasteiger partial charge on any atom is 0.208 e. The number of sulfonamides is 1. The molecule has 0 bridgehead atoms. The lowest BCUT2D eigenvalue weighted by molar-refractivity contribution is 0.584. The molecule has 0 spiro atoms. The average molecular weight is 404 g/mol. The summed E-state index contributed by atoms with van der Waals surface area (Å²) in [5.74, 6) is 1.59. The summed E-state index contributed by atoms with van der Waals surface area (Å²) in [7, 11) is -3.07. The van der Waals surface area contributed by atoms with E-state index in [0.29, 0.717) is 13.1 Å². The van der Waals surface area contributed by atoms with Gasteiger partial charge in [0, 0.05) is 26.2 Å². The van der Waals surface area contributed by atoms with Crippen LogP contribution < -0.4 is 15.4 Å². The maximum absolute atomic E-state index is 10.8. The first-order chi connectivity index (χ1) is 8.51. The Morgan fingerprint density at radius 2 is 1.95 bits per heavy atom. The van der Waals surface area contributed by atoms with Crippen molar-refractivity contribution in [3.8, 4) is 0 Å². The standard InChI is InChI=1S/C11H24N4O2S.HI/c1-3-12-11(14-9-10-5-6-10)13-7-4-8-15-18(2,16)17;/h10,15H,3-9H2,1-2H3,(H2,12,13,14);1H. The Labute approximate surface area is 133 Å². The number of guanidine groups is 1. The molecule has 114 valence electrons. The zero-order valence-corrected chi connectivity index (χ0v) is 14.8. The highest BCUT2D eigenvalue weighted by Gasteiger charge is 2.20. The van der Waals surface area contributed by atoms with E-state index >= 15 is 0 Å². The molecular weight excluding hydrogens is 379 g/mol. The van der Waals surface area contributed by atoms with E-state index in [1.807, 2.05) is 6.92 Å². The van der Waals surface area contributed by atoms with Crippen LogP contribution >= 0.6 is 24.0 Å². The normalized spacial score (nSPS) is 15.8. The molecule has 0 saturated heterocycles. The van der Waals surface area contributed by atoms with Gasteiger partial charge in [-0.15, -0.1) is 24.0 Å². The lowest BCUT2D eigenvalue weighted by Crippen LogP contribution is -2.38. The summed E-state index contributed by atoms with van der Waals surface area (Å²) in [5.41, 5.74) is 0. The molecule has 19 heavy (non-hydrogen) atoms. The monoisotopic (exact) mass is 404 g/mol. The molecule has 0 radical (unpaired) electrons.